The number of carbonyl (C=O) groups is 1. The quantitative estimate of drug-likeness (QED) is 0.660. The molecular weight excluding hydrogens is 168 g/mol. The van der Waals surface area contributed by atoms with Gasteiger partial charge in [-0.1, -0.05) is 0 Å². The number of rotatable bonds is 6. The lowest BCUT2D eigenvalue weighted by Gasteiger charge is -1.93. The van der Waals surface area contributed by atoms with Gasteiger partial charge < -0.3 is 14.5 Å². The van der Waals surface area contributed by atoms with Crippen LogP contribution < -0.4 is 0 Å². The molecule has 1 rings (SSSR count). The van der Waals surface area contributed by atoms with E-state index >= 15 is 0 Å². The fourth-order valence-electron chi connectivity index (χ4n) is 1.07. The molecule has 0 fully saturated rings. The van der Waals surface area contributed by atoms with E-state index in [1.807, 2.05) is 6.20 Å². The summed E-state index contributed by atoms with van der Waals surface area (Å²) >= 11 is 0. The van der Waals surface area contributed by atoms with E-state index in [0.29, 0.717) is 19.4 Å². The van der Waals surface area contributed by atoms with Crippen molar-refractivity contribution in [2.24, 2.45) is 0 Å². The summed E-state index contributed by atoms with van der Waals surface area (Å²) in [7, 11) is 1.66. The van der Waals surface area contributed by atoms with Crippen LogP contribution in [0.3, 0.4) is 0 Å². The van der Waals surface area contributed by atoms with Gasteiger partial charge in [0.15, 0.2) is 0 Å². The Bertz CT molecular complexity index is 258. The summed E-state index contributed by atoms with van der Waals surface area (Å²) in [5.74, 6) is 0.919. The summed E-state index contributed by atoms with van der Waals surface area (Å²) in [6.45, 7) is 0.667. The number of methoxy groups -OCH3 is 1. The SMILES string of the molecule is COCCc1nc(CCC=O)c[nH]1. The molecule has 72 valence electrons. The monoisotopic (exact) mass is 182 g/mol. The third kappa shape index (κ3) is 3.38. The predicted molar refractivity (Wildman–Crippen MR) is 48.6 cm³/mol. The first-order valence-corrected chi connectivity index (χ1v) is 4.32. The molecule has 13 heavy (non-hydrogen) atoms. The minimum atomic E-state index is 0.536. The molecule has 0 unspecified atom stereocenters. The molecule has 0 spiro atoms. The Hall–Kier alpha value is -1.16. The smallest absolute Gasteiger partial charge is 0.120 e. The van der Waals surface area contributed by atoms with E-state index in [1.165, 1.54) is 0 Å². The zero-order chi connectivity index (χ0) is 9.52. The Morgan fingerprint density at radius 1 is 1.62 bits per heavy atom. The van der Waals surface area contributed by atoms with E-state index in [-0.39, 0.29) is 0 Å². The van der Waals surface area contributed by atoms with E-state index in [0.717, 1.165) is 24.2 Å². The number of H-pyrrole nitrogens is 1. The lowest BCUT2D eigenvalue weighted by atomic mass is 10.3. The van der Waals surface area contributed by atoms with E-state index in [2.05, 4.69) is 9.97 Å². The first-order valence-electron chi connectivity index (χ1n) is 4.32. The number of hydrogen-bond acceptors (Lipinski definition) is 3. The Morgan fingerprint density at radius 2 is 2.46 bits per heavy atom. The van der Waals surface area contributed by atoms with Gasteiger partial charge in [0.05, 0.1) is 12.3 Å². The van der Waals surface area contributed by atoms with Crippen LogP contribution in [0.1, 0.15) is 17.9 Å². The molecule has 1 heterocycles. The fourth-order valence-corrected chi connectivity index (χ4v) is 1.07. The maximum atomic E-state index is 10.1. The highest BCUT2D eigenvalue weighted by atomic mass is 16.5. The Morgan fingerprint density at radius 3 is 3.15 bits per heavy atom. The van der Waals surface area contributed by atoms with Crippen molar-refractivity contribution < 1.29 is 9.53 Å². The molecule has 0 aliphatic heterocycles. The van der Waals surface area contributed by atoms with Crippen LogP contribution in [0, 0.1) is 0 Å². The third-order valence-corrected chi connectivity index (χ3v) is 1.75. The average Bonchev–Trinajstić information content (AvgIpc) is 2.59. The minimum Gasteiger partial charge on any atom is -0.384 e. The summed E-state index contributed by atoms with van der Waals surface area (Å²) < 4.78 is 4.92. The van der Waals surface area contributed by atoms with Gasteiger partial charge in [-0.15, -0.1) is 0 Å². The summed E-state index contributed by atoms with van der Waals surface area (Å²) in [6.07, 6.45) is 4.79. The van der Waals surface area contributed by atoms with Gasteiger partial charge in [-0.25, -0.2) is 4.98 Å². The molecule has 0 saturated carbocycles. The summed E-state index contributed by atoms with van der Waals surface area (Å²) in [5, 5.41) is 0. The van der Waals surface area contributed by atoms with Crippen molar-refractivity contribution in [2.75, 3.05) is 13.7 Å². The van der Waals surface area contributed by atoms with Gasteiger partial charge in [0.25, 0.3) is 0 Å². The minimum absolute atomic E-state index is 0.536. The van der Waals surface area contributed by atoms with Crippen LogP contribution in [0.4, 0.5) is 0 Å². The van der Waals surface area contributed by atoms with Crippen molar-refractivity contribution in [2.45, 2.75) is 19.3 Å². The number of aromatic nitrogens is 2. The number of aromatic amines is 1. The number of ether oxygens (including phenoxy) is 1. The molecule has 0 aliphatic rings. The Kier molecular flexibility index (Phi) is 4.18. The number of nitrogens with one attached hydrogen (secondary N) is 1. The standard InChI is InChI=1S/C9H14N2O2/c1-13-6-4-9-10-7-8(11-9)3-2-5-12/h5,7H,2-4,6H2,1H3,(H,10,11). The zero-order valence-corrected chi connectivity index (χ0v) is 7.75. The van der Waals surface area contributed by atoms with Crippen LogP contribution in [-0.2, 0) is 22.4 Å². The highest BCUT2D eigenvalue weighted by Gasteiger charge is 1.99. The lowest BCUT2D eigenvalue weighted by Crippen LogP contribution is -1.96. The zero-order valence-electron chi connectivity index (χ0n) is 7.75. The van der Waals surface area contributed by atoms with E-state index in [9.17, 15) is 4.79 Å². The van der Waals surface area contributed by atoms with Crippen molar-refractivity contribution in [3.8, 4) is 0 Å². The van der Waals surface area contributed by atoms with E-state index in [1.54, 1.807) is 7.11 Å². The largest absolute Gasteiger partial charge is 0.384 e. The average molecular weight is 182 g/mol. The van der Waals surface area contributed by atoms with Gasteiger partial charge in [-0.2, -0.15) is 0 Å². The predicted octanol–water partition coefficient (Wildman–Crippen LogP) is 0.730. The molecular formula is C9H14N2O2. The fraction of sp³-hybridized carbons (Fsp3) is 0.556. The maximum Gasteiger partial charge on any atom is 0.120 e. The van der Waals surface area contributed by atoms with Gasteiger partial charge >= 0.3 is 0 Å². The van der Waals surface area contributed by atoms with Gasteiger partial charge in [0, 0.05) is 26.1 Å². The van der Waals surface area contributed by atoms with E-state index in [4.69, 9.17) is 4.74 Å². The second-order valence-corrected chi connectivity index (χ2v) is 2.79. The summed E-state index contributed by atoms with van der Waals surface area (Å²) in [6, 6.07) is 0. The molecule has 0 radical (unpaired) electrons. The molecule has 0 saturated heterocycles. The molecule has 1 N–H and O–H groups in total. The first-order chi connectivity index (χ1) is 6.36. The van der Waals surface area contributed by atoms with Crippen LogP contribution in [-0.4, -0.2) is 30.0 Å². The molecule has 0 atom stereocenters. The topological polar surface area (TPSA) is 55.0 Å². The normalized spacial score (nSPS) is 10.2. The number of hydrogen-bond donors (Lipinski definition) is 1. The second kappa shape index (κ2) is 5.48. The van der Waals surface area contributed by atoms with Crippen LogP contribution in [0.2, 0.25) is 0 Å². The van der Waals surface area contributed by atoms with Crippen molar-refractivity contribution in [3.05, 3.63) is 17.7 Å². The number of carbonyl (C=O) groups excluding carboxylic acids is 1. The maximum absolute atomic E-state index is 10.1. The molecule has 1 aromatic rings. The Balaban J connectivity index is 2.38. The van der Waals surface area contributed by atoms with Crippen LogP contribution >= 0.6 is 0 Å². The third-order valence-electron chi connectivity index (χ3n) is 1.75. The molecule has 0 aliphatic carbocycles. The van der Waals surface area contributed by atoms with Crippen LogP contribution in [0.15, 0.2) is 6.20 Å². The lowest BCUT2D eigenvalue weighted by molar-refractivity contribution is -0.107. The highest BCUT2D eigenvalue weighted by molar-refractivity contribution is 5.49. The van der Waals surface area contributed by atoms with Crippen molar-refractivity contribution in [3.63, 3.8) is 0 Å². The van der Waals surface area contributed by atoms with Crippen molar-refractivity contribution in [1.29, 1.82) is 0 Å². The van der Waals surface area contributed by atoms with Gasteiger partial charge in [-0.3, -0.25) is 0 Å². The highest BCUT2D eigenvalue weighted by Crippen LogP contribution is 2.00. The van der Waals surface area contributed by atoms with Crippen LogP contribution in [0.5, 0.6) is 0 Å². The van der Waals surface area contributed by atoms with Gasteiger partial charge in [-0.05, 0) is 6.42 Å². The number of imidazole rings is 1. The number of aryl methyl sites for hydroxylation is 1. The molecule has 0 bridgehead atoms. The molecule has 1 aromatic heterocycles. The number of nitrogens with zero attached hydrogens (tertiary/aromatic N) is 1. The summed E-state index contributed by atoms with van der Waals surface area (Å²) in [4.78, 5) is 17.4. The first kappa shape index (κ1) is 9.92. The summed E-state index contributed by atoms with van der Waals surface area (Å²) in [5.41, 5.74) is 0.943. The van der Waals surface area contributed by atoms with Gasteiger partial charge in [0.1, 0.15) is 12.1 Å². The molecule has 0 aromatic carbocycles. The number of aldehydes is 1. The Labute approximate surface area is 77.3 Å². The molecule has 4 heteroatoms. The van der Waals surface area contributed by atoms with Crippen molar-refractivity contribution in [1.82, 2.24) is 9.97 Å². The van der Waals surface area contributed by atoms with Crippen LogP contribution in [0.25, 0.3) is 0 Å². The molecule has 0 amide bonds. The van der Waals surface area contributed by atoms with Gasteiger partial charge in [0.2, 0.25) is 0 Å². The van der Waals surface area contributed by atoms with Crippen molar-refractivity contribution >= 4 is 6.29 Å². The second-order valence-electron chi connectivity index (χ2n) is 2.79. The molecule has 4 nitrogen and oxygen atoms in total. The van der Waals surface area contributed by atoms with E-state index < -0.39 is 0 Å².